The Kier molecular flexibility index (Phi) is 6.49. The molecule has 0 amide bonds. The molecule has 1 aromatic carbocycles. The van der Waals surface area contributed by atoms with Crippen molar-refractivity contribution in [3.8, 4) is 17.0 Å². The minimum atomic E-state index is -0.762. The maximum atomic E-state index is 14.4. The molecule has 5 rings (SSSR count). The number of benzene rings is 1. The molecule has 1 atom stereocenters. The molecule has 0 bridgehead atoms. The van der Waals surface area contributed by atoms with E-state index in [4.69, 9.17) is 9.47 Å². The van der Waals surface area contributed by atoms with Crippen molar-refractivity contribution >= 4 is 21.7 Å². The molecule has 1 aliphatic rings. The zero-order chi connectivity index (χ0) is 25.4. The standard InChI is InChI=1S/C23H21BrFN7O4/c1-13(36-21-6-15(24)9-26-23(21)32(33)34)19-7-16(25)3-4-18(19)22-20(28-30(2)29-22)5-14-8-27-31(10-14)17-11-35-12-17/h3-4,6-10,13,17H,5,11-12H2,1-2H3/t13-/m1/s1. The number of pyridine rings is 1. The predicted octanol–water partition coefficient (Wildman–Crippen LogP) is 4.19. The average Bonchev–Trinajstić information content (AvgIpc) is 3.38. The van der Waals surface area contributed by atoms with Crippen LogP contribution in [0.2, 0.25) is 0 Å². The van der Waals surface area contributed by atoms with Gasteiger partial charge >= 0.3 is 5.82 Å². The summed E-state index contributed by atoms with van der Waals surface area (Å²) in [6, 6.07) is 5.98. The second-order valence-corrected chi connectivity index (χ2v) is 9.32. The highest BCUT2D eigenvalue weighted by molar-refractivity contribution is 9.10. The van der Waals surface area contributed by atoms with Crippen molar-refractivity contribution in [3.63, 3.8) is 0 Å². The minimum Gasteiger partial charge on any atom is -0.478 e. The topological polar surface area (TPSA) is 123 Å². The third-order valence-electron chi connectivity index (χ3n) is 5.79. The lowest BCUT2D eigenvalue weighted by atomic mass is 9.97. The summed E-state index contributed by atoms with van der Waals surface area (Å²) in [5.41, 5.74) is 3.26. The molecule has 0 N–H and O–H groups in total. The van der Waals surface area contributed by atoms with Crippen LogP contribution in [-0.2, 0) is 18.2 Å². The first-order chi connectivity index (χ1) is 17.3. The Hall–Kier alpha value is -3.71. The molecule has 3 aromatic heterocycles. The quantitative estimate of drug-likeness (QED) is 0.233. The Morgan fingerprint density at radius 3 is 2.83 bits per heavy atom. The molecule has 13 heteroatoms. The second kappa shape index (κ2) is 9.74. The zero-order valence-electron chi connectivity index (χ0n) is 19.3. The van der Waals surface area contributed by atoms with Gasteiger partial charge in [-0.2, -0.15) is 20.1 Å². The van der Waals surface area contributed by atoms with Gasteiger partial charge in [0.25, 0.3) is 0 Å². The number of ether oxygens (including phenoxy) is 2. The van der Waals surface area contributed by atoms with Crippen LogP contribution in [0.15, 0.2) is 47.3 Å². The highest BCUT2D eigenvalue weighted by atomic mass is 79.9. The fourth-order valence-corrected chi connectivity index (χ4v) is 4.30. The van der Waals surface area contributed by atoms with Crippen LogP contribution >= 0.6 is 15.9 Å². The van der Waals surface area contributed by atoms with E-state index in [1.165, 1.54) is 29.2 Å². The lowest BCUT2D eigenvalue weighted by molar-refractivity contribution is -0.390. The zero-order valence-corrected chi connectivity index (χ0v) is 20.9. The Bertz CT molecular complexity index is 1440. The Labute approximate surface area is 213 Å². The predicted molar refractivity (Wildman–Crippen MR) is 129 cm³/mol. The van der Waals surface area contributed by atoms with E-state index in [-0.39, 0.29) is 11.8 Å². The van der Waals surface area contributed by atoms with Crippen molar-refractivity contribution in [2.75, 3.05) is 13.2 Å². The second-order valence-electron chi connectivity index (χ2n) is 8.41. The van der Waals surface area contributed by atoms with Crippen molar-refractivity contribution < 1.29 is 18.8 Å². The van der Waals surface area contributed by atoms with Crippen LogP contribution in [0, 0.1) is 15.9 Å². The number of hydrogen-bond donors (Lipinski definition) is 0. The van der Waals surface area contributed by atoms with Crippen LogP contribution in [0.4, 0.5) is 10.2 Å². The molecular formula is C23H21BrFN7O4. The summed E-state index contributed by atoms with van der Waals surface area (Å²) >= 11 is 3.26. The number of aromatic nitrogens is 6. The SMILES string of the molecule is C[C@@H](Oc1cc(Br)cnc1[N+](=O)[O-])c1cc(F)ccc1-c1nn(C)nc1Cc1cnn(C2COC2)c1. The molecule has 4 heterocycles. The molecule has 4 aromatic rings. The van der Waals surface area contributed by atoms with Crippen molar-refractivity contribution in [1.29, 1.82) is 0 Å². The third-order valence-corrected chi connectivity index (χ3v) is 6.22. The monoisotopic (exact) mass is 557 g/mol. The number of rotatable bonds is 8. The summed E-state index contributed by atoms with van der Waals surface area (Å²) in [7, 11) is 1.71. The van der Waals surface area contributed by atoms with Crippen LogP contribution in [0.1, 0.15) is 35.9 Å². The maximum Gasteiger partial charge on any atom is 0.406 e. The van der Waals surface area contributed by atoms with Crippen LogP contribution in [-0.4, -0.2) is 47.9 Å². The first kappa shape index (κ1) is 24.0. The van der Waals surface area contributed by atoms with E-state index < -0.39 is 22.7 Å². The first-order valence-corrected chi connectivity index (χ1v) is 11.8. The van der Waals surface area contributed by atoms with Crippen molar-refractivity contribution in [2.45, 2.75) is 25.5 Å². The molecule has 0 radical (unpaired) electrons. The Morgan fingerprint density at radius 2 is 2.11 bits per heavy atom. The number of nitrogens with zero attached hydrogens (tertiary/aromatic N) is 7. The van der Waals surface area contributed by atoms with Crippen LogP contribution in [0.5, 0.6) is 5.75 Å². The summed E-state index contributed by atoms with van der Waals surface area (Å²) in [6.45, 7) is 2.96. The summed E-state index contributed by atoms with van der Waals surface area (Å²) in [5.74, 6) is -0.943. The summed E-state index contributed by atoms with van der Waals surface area (Å²) in [4.78, 5) is 16.1. The van der Waals surface area contributed by atoms with E-state index in [0.717, 1.165) is 5.56 Å². The molecule has 1 fully saturated rings. The van der Waals surface area contributed by atoms with Gasteiger partial charge in [0.1, 0.15) is 17.6 Å². The van der Waals surface area contributed by atoms with E-state index >= 15 is 0 Å². The molecular weight excluding hydrogens is 537 g/mol. The Morgan fingerprint density at radius 1 is 1.31 bits per heavy atom. The van der Waals surface area contributed by atoms with Crippen molar-refractivity contribution in [1.82, 2.24) is 29.8 Å². The van der Waals surface area contributed by atoms with E-state index in [9.17, 15) is 14.5 Å². The van der Waals surface area contributed by atoms with Gasteiger partial charge < -0.3 is 19.6 Å². The number of halogens is 2. The average molecular weight is 558 g/mol. The van der Waals surface area contributed by atoms with Crippen LogP contribution < -0.4 is 4.74 Å². The van der Waals surface area contributed by atoms with E-state index in [2.05, 4.69) is 36.2 Å². The van der Waals surface area contributed by atoms with Crippen LogP contribution in [0.25, 0.3) is 11.3 Å². The molecule has 1 saturated heterocycles. The normalized spacial score (nSPS) is 14.4. The van der Waals surface area contributed by atoms with Crippen LogP contribution in [0.3, 0.4) is 0 Å². The maximum absolute atomic E-state index is 14.4. The van der Waals surface area contributed by atoms with Crippen molar-refractivity contribution in [3.05, 3.63) is 80.1 Å². The molecule has 0 aliphatic carbocycles. The summed E-state index contributed by atoms with van der Waals surface area (Å²) in [6.07, 6.45) is 4.76. The smallest absolute Gasteiger partial charge is 0.406 e. The number of nitro groups is 1. The van der Waals surface area contributed by atoms with Gasteiger partial charge in [-0.25, -0.2) is 4.39 Å². The molecule has 0 spiro atoms. The lowest BCUT2D eigenvalue weighted by Gasteiger charge is -2.25. The molecule has 1 aliphatic heterocycles. The van der Waals surface area contributed by atoms with Gasteiger partial charge in [0.05, 0.1) is 35.6 Å². The first-order valence-electron chi connectivity index (χ1n) is 11.1. The summed E-state index contributed by atoms with van der Waals surface area (Å²) < 4.78 is 27.9. The van der Waals surface area contributed by atoms with Gasteiger partial charge in [-0.1, -0.05) is 0 Å². The molecule has 11 nitrogen and oxygen atoms in total. The van der Waals surface area contributed by atoms with Gasteiger partial charge in [-0.3, -0.25) is 4.68 Å². The minimum absolute atomic E-state index is 0.0381. The van der Waals surface area contributed by atoms with Crippen molar-refractivity contribution in [2.24, 2.45) is 7.05 Å². The van der Waals surface area contributed by atoms with Gasteiger partial charge in [-0.15, -0.1) is 0 Å². The molecule has 36 heavy (non-hydrogen) atoms. The highest BCUT2D eigenvalue weighted by Crippen LogP contribution is 2.36. The van der Waals surface area contributed by atoms with E-state index in [1.54, 1.807) is 26.2 Å². The molecule has 0 unspecified atom stereocenters. The lowest BCUT2D eigenvalue weighted by Crippen LogP contribution is -2.30. The Balaban J connectivity index is 1.48. The van der Waals surface area contributed by atoms with Gasteiger partial charge in [0.15, 0.2) is 6.20 Å². The fourth-order valence-electron chi connectivity index (χ4n) is 3.99. The van der Waals surface area contributed by atoms with E-state index in [1.807, 2.05) is 10.9 Å². The highest BCUT2D eigenvalue weighted by Gasteiger charge is 2.25. The molecule has 0 saturated carbocycles. The number of hydrogen-bond acceptors (Lipinski definition) is 8. The fraction of sp³-hybridized carbons (Fsp3) is 0.304. The third kappa shape index (κ3) is 4.84. The van der Waals surface area contributed by atoms with E-state index in [0.29, 0.717) is 46.6 Å². The van der Waals surface area contributed by atoms with Gasteiger partial charge in [-0.05, 0) is 56.5 Å². The van der Waals surface area contributed by atoms with Gasteiger partial charge in [0.2, 0.25) is 5.75 Å². The largest absolute Gasteiger partial charge is 0.478 e. The summed E-state index contributed by atoms with van der Waals surface area (Å²) in [5, 5.41) is 24.9. The van der Waals surface area contributed by atoms with Gasteiger partial charge in [0, 0.05) is 36.9 Å². The molecule has 186 valence electrons. The number of aryl methyl sites for hydroxylation is 1.